The van der Waals surface area contributed by atoms with Gasteiger partial charge < -0.3 is 26.6 Å². The average molecular weight is 625 g/mol. The zero-order valence-corrected chi connectivity index (χ0v) is 23.6. The van der Waals surface area contributed by atoms with E-state index >= 15 is 0 Å². The molecule has 2 amide bonds. The lowest BCUT2D eigenvalue weighted by Gasteiger charge is -2.10. The molecular formula is C27H28ClF3N6O4S. The van der Waals surface area contributed by atoms with Crippen LogP contribution in [0, 0.1) is 0 Å². The van der Waals surface area contributed by atoms with Crippen LogP contribution in [0.4, 0.5) is 18.3 Å². The predicted molar refractivity (Wildman–Crippen MR) is 152 cm³/mol. The molecule has 0 saturated carbocycles. The molecule has 0 fully saturated rings. The highest BCUT2D eigenvalue weighted by molar-refractivity contribution is 7.15. The van der Waals surface area contributed by atoms with Crippen molar-refractivity contribution in [3.63, 3.8) is 0 Å². The molecule has 0 aliphatic heterocycles. The standard InChI is InChI=1S/C27H28ClF3N6O4S/c28-18-7-4-6-17(15-18)24(39)25(40)35-26-37-36-23(42-26)10-2-1-8-19(32)11-12-21(33)34-22(38)14-16-5-3-9-20(13-16)41-27(29,30)31/h3-7,9,11-13,15,24,39H,1-2,8,10,14,32-33H2,(H,34,38)(H,35,37,40)/b19-11-,21-12+. The van der Waals surface area contributed by atoms with Crippen molar-refractivity contribution in [1.29, 1.82) is 0 Å². The van der Waals surface area contributed by atoms with E-state index in [9.17, 15) is 27.9 Å². The van der Waals surface area contributed by atoms with Crippen LogP contribution in [0.5, 0.6) is 5.75 Å². The van der Waals surface area contributed by atoms with Crippen molar-refractivity contribution >= 4 is 39.9 Å². The lowest BCUT2D eigenvalue weighted by atomic mass is 10.1. The number of nitrogens with one attached hydrogen (secondary N) is 2. The lowest BCUT2D eigenvalue weighted by Crippen LogP contribution is -2.28. The normalized spacial score (nSPS) is 13.0. The number of rotatable bonds is 13. The topological polar surface area (TPSA) is 165 Å². The molecule has 0 spiro atoms. The van der Waals surface area contributed by atoms with Gasteiger partial charge >= 0.3 is 6.36 Å². The quantitative estimate of drug-likeness (QED) is 0.137. The number of aliphatic hydroxyl groups is 1. The number of aliphatic hydroxyl groups excluding tert-OH is 1. The zero-order chi connectivity index (χ0) is 30.7. The first-order valence-electron chi connectivity index (χ1n) is 12.5. The number of allylic oxidation sites excluding steroid dienone is 3. The summed E-state index contributed by atoms with van der Waals surface area (Å²) in [6.07, 6.45) is -0.874. The van der Waals surface area contributed by atoms with E-state index in [1.54, 1.807) is 24.3 Å². The maximum absolute atomic E-state index is 12.4. The molecule has 1 atom stereocenters. The Balaban J connectivity index is 1.38. The molecular weight excluding hydrogens is 597 g/mol. The molecule has 2 aromatic carbocycles. The molecule has 1 unspecified atom stereocenters. The molecule has 0 saturated heterocycles. The summed E-state index contributed by atoms with van der Waals surface area (Å²) in [6, 6.07) is 11.5. The Bertz CT molecular complexity index is 1450. The maximum Gasteiger partial charge on any atom is 0.573 e. The minimum absolute atomic E-state index is 0.0227. The van der Waals surface area contributed by atoms with E-state index in [1.807, 2.05) is 0 Å². The van der Waals surface area contributed by atoms with Crippen LogP contribution in [0.1, 0.15) is 41.5 Å². The highest BCUT2D eigenvalue weighted by atomic mass is 35.5. The smallest absolute Gasteiger partial charge is 0.406 e. The van der Waals surface area contributed by atoms with Gasteiger partial charge in [0.05, 0.1) is 6.42 Å². The maximum atomic E-state index is 12.4. The van der Waals surface area contributed by atoms with Crippen LogP contribution in [0.2, 0.25) is 5.02 Å². The Morgan fingerprint density at radius 3 is 2.60 bits per heavy atom. The molecule has 224 valence electrons. The summed E-state index contributed by atoms with van der Waals surface area (Å²) in [5.74, 6) is -1.57. The average Bonchev–Trinajstić information content (AvgIpc) is 3.35. The van der Waals surface area contributed by atoms with Crippen LogP contribution in [-0.4, -0.2) is 33.5 Å². The van der Waals surface area contributed by atoms with Gasteiger partial charge in [-0.1, -0.05) is 47.2 Å². The number of benzene rings is 2. The van der Waals surface area contributed by atoms with E-state index in [4.69, 9.17) is 23.1 Å². The van der Waals surface area contributed by atoms with Crippen LogP contribution < -0.4 is 26.8 Å². The largest absolute Gasteiger partial charge is 0.573 e. The first-order chi connectivity index (χ1) is 19.9. The molecule has 15 heteroatoms. The fourth-order valence-corrected chi connectivity index (χ4v) is 4.56. The van der Waals surface area contributed by atoms with Crippen molar-refractivity contribution < 1.29 is 32.6 Å². The third-order valence-electron chi connectivity index (χ3n) is 5.47. The number of aromatic nitrogens is 2. The van der Waals surface area contributed by atoms with E-state index in [0.29, 0.717) is 46.1 Å². The molecule has 0 aliphatic carbocycles. The van der Waals surface area contributed by atoms with Gasteiger partial charge in [-0.25, -0.2) is 0 Å². The van der Waals surface area contributed by atoms with Crippen LogP contribution >= 0.6 is 22.9 Å². The van der Waals surface area contributed by atoms with Gasteiger partial charge in [0.1, 0.15) is 16.6 Å². The van der Waals surface area contributed by atoms with Crippen molar-refractivity contribution in [2.24, 2.45) is 11.5 Å². The SMILES string of the molecule is N/C(=C\C=C(/N)NC(=O)Cc1cccc(OC(F)(F)F)c1)CCCCc1nnc(NC(=O)C(O)c2cccc(Cl)c2)s1. The Morgan fingerprint density at radius 2 is 1.86 bits per heavy atom. The van der Waals surface area contributed by atoms with Gasteiger partial charge in [-0.15, -0.1) is 23.4 Å². The number of halogens is 4. The number of ether oxygens (including phenoxy) is 1. The summed E-state index contributed by atoms with van der Waals surface area (Å²) in [7, 11) is 0. The molecule has 1 heterocycles. The van der Waals surface area contributed by atoms with E-state index < -0.39 is 30.0 Å². The summed E-state index contributed by atoms with van der Waals surface area (Å²) in [5.41, 5.74) is 13.0. The lowest BCUT2D eigenvalue weighted by molar-refractivity contribution is -0.274. The number of amides is 2. The van der Waals surface area contributed by atoms with Gasteiger partial charge in [-0.3, -0.25) is 14.9 Å². The van der Waals surface area contributed by atoms with Crippen molar-refractivity contribution in [2.45, 2.75) is 44.6 Å². The van der Waals surface area contributed by atoms with Gasteiger partial charge in [0.25, 0.3) is 5.91 Å². The van der Waals surface area contributed by atoms with E-state index in [2.05, 4.69) is 25.6 Å². The summed E-state index contributed by atoms with van der Waals surface area (Å²) in [6.45, 7) is 0. The highest BCUT2D eigenvalue weighted by Crippen LogP contribution is 2.24. The Labute approximate surface area is 248 Å². The molecule has 3 rings (SSSR count). The minimum Gasteiger partial charge on any atom is -0.406 e. The van der Waals surface area contributed by atoms with Crippen LogP contribution in [0.3, 0.4) is 0 Å². The second-order valence-corrected chi connectivity index (χ2v) is 10.4. The monoisotopic (exact) mass is 624 g/mol. The molecule has 3 aromatic rings. The van der Waals surface area contributed by atoms with Crippen molar-refractivity contribution in [3.8, 4) is 5.75 Å². The number of hydrogen-bond acceptors (Lipinski definition) is 9. The number of nitrogens with zero attached hydrogens (tertiary/aromatic N) is 2. The van der Waals surface area contributed by atoms with Gasteiger partial charge in [0.15, 0.2) is 6.10 Å². The number of alkyl halides is 3. The summed E-state index contributed by atoms with van der Waals surface area (Å²) < 4.78 is 41.0. The second-order valence-electron chi connectivity index (χ2n) is 8.94. The number of anilines is 1. The molecule has 42 heavy (non-hydrogen) atoms. The summed E-state index contributed by atoms with van der Waals surface area (Å²) in [4.78, 5) is 24.5. The van der Waals surface area contributed by atoms with Crippen molar-refractivity contribution in [2.75, 3.05) is 5.32 Å². The van der Waals surface area contributed by atoms with Crippen LogP contribution in [0.15, 0.2) is 72.2 Å². The number of unbranched alkanes of at least 4 members (excludes halogenated alkanes) is 1. The number of aryl methyl sites for hydroxylation is 1. The van der Waals surface area contributed by atoms with Crippen molar-refractivity contribution in [1.82, 2.24) is 15.5 Å². The van der Waals surface area contributed by atoms with Gasteiger partial charge in [0, 0.05) is 17.1 Å². The molecule has 1 aromatic heterocycles. The molecule has 0 radical (unpaired) electrons. The second kappa shape index (κ2) is 15.2. The Kier molecular flexibility index (Phi) is 11.7. The van der Waals surface area contributed by atoms with Crippen molar-refractivity contribution in [3.05, 3.63) is 93.4 Å². The van der Waals surface area contributed by atoms with E-state index in [1.165, 1.54) is 35.6 Å². The fraction of sp³-hybridized carbons (Fsp3) is 0.259. The first kappa shape index (κ1) is 32.4. The number of nitrogens with two attached hydrogens (primary N) is 2. The van der Waals surface area contributed by atoms with Gasteiger partial charge in [-0.05, 0) is 66.8 Å². The molecule has 10 nitrogen and oxygen atoms in total. The third kappa shape index (κ3) is 11.4. The van der Waals surface area contributed by atoms with Crippen LogP contribution in [-0.2, 0) is 22.4 Å². The number of hydrogen-bond donors (Lipinski definition) is 5. The number of carbonyl (C=O) groups excluding carboxylic acids is 2. The Morgan fingerprint density at radius 1 is 1.10 bits per heavy atom. The van der Waals surface area contributed by atoms with Gasteiger partial charge in [0.2, 0.25) is 11.0 Å². The fourth-order valence-electron chi connectivity index (χ4n) is 3.58. The molecule has 0 aliphatic rings. The predicted octanol–water partition coefficient (Wildman–Crippen LogP) is 4.48. The number of carbonyl (C=O) groups is 2. The first-order valence-corrected chi connectivity index (χ1v) is 13.7. The van der Waals surface area contributed by atoms with E-state index in [-0.39, 0.29) is 17.4 Å². The minimum atomic E-state index is -4.83. The van der Waals surface area contributed by atoms with Crippen LogP contribution in [0.25, 0.3) is 0 Å². The Hall–Kier alpha value is -4.14. The zero-order valence-electron chi connectivity index (χ0n) is 22.0. The summed E-state index contributed by atoms with van der Waals surface area (Å²) in [5, 5.41) is 24.6. The molecule has 7 N–H and O–H groups in total. The van der Waals surface area contributed by atoms with Gasteiger partial charge in [-0.2, -0.15) is 0 Å². The summed E-state index contributed by atoms with van der Waals surface area (Å²) >= 11 is 7.10. The third-order valence-corrected chi connectivity index (χ3v) is 6.61. The molecule has 0 bridgehead atoms. The van der Waals surface area contributed by atoms with E-state index in [0.717, 1.165) is 18.6 Å². The highest BCUT2D eigenvalue weighted by Gasteiger charge is 2.31.